The van der Waals surface area contributed by atoms with E-state index >= 15 is 0 Å². The van der Waals surface area contributed by atoms with E-state index < -0.39 is 39.6 Å². The maximum Gasteiger partial charge on any atom is 0.338 e. The minimum Gasteiger partial charge on any atom is -0.395 e. The van der Waals surface area contributed by atoms with Crippen LogP contribution < -0.4 is 0 Å². The normalized spacial score (nSPS) is 34.7. The van der Waals surface area contributed by atoms with Crippen molar-refractivity contribution < 1.29 is 28.9 Å². The number of unbranched alkanes of at least 4 members (excludes halogenated alkanes) is 2. The third-order valence-corrected chi connectivity index (χ3v) is 5.04. The fraction of sp³-hybridized carbons (Fsp3) is 1.00. The first-order valence-corrected chi connectivity index (χ1v) is 7.45. The van der Waals surface area contributed by atoms with Crippen molar-refractivity contribution in [2.45, 2.75) is 44.5 Å². The summed E-state index contributed by atoms with van der Waals surface area (Å²) in [5.74, 6) is -1.18. The first-order valence-electron chi connectivity index (χ1n) is 6.36. The predicted octanol–water partition coefficient (Wildman–Crippen LogP) is 0.899. The molecule has 3 rings (SSSR count). The molecule has 3 saturated heterocycles. The number of fused-ring (bicyclic) bond motifs is 1. The minimum absolute atomic E-state index is 0.318. The Morgan fingerprint density at radius 2 is 1.72 bits per heavy atom. The van der Waals surface area contributed by atoms with Gasteiger partial charge in [-0.3, -0.25) is 9.05 Å². The highest BCUT2D eigenvalue weighted by molar-refractivity contribution is 7.43. The molecular formula is C11H21O6P. The molecule has 3 aliphatic heterocycles. The van der Waals surface area contributed by atoms with Crippen LogP contribution in [0, 0.1) is 5.41 Å². The maximum absolute atomic E-state index is 9.49. The lowest BCUT2D eigenvalue weighted by Gasteiger charge is -2.48. The summed E-state index contributed by atoms with van der Waals surface area (Å²) in [7, 11) is -1.34. The second-order valence-corrected chi connectivity index (χ2v) is 5.94. The molecule has 2 bridgehead atoms. The van der Waals surface area contributed by atoms with E-state index in [-0.39, 0.29) is 6.10 Å². The summed E-state index contributed by atoms with van der Waals surface area (Å²) in [6, 6.07) is 0. The zero-order valence-corrected chi connectivity index (χ0v) is 11.4. The highest BCUT2D eigenvalue weighted by Crippen LogP contribution is 2.73. The molecule has 0 aliphatic carbocycles. The second-order valence-electron chi connectivity index (χ2n) is 4.92. The Morgan fingerprint density at radius 3 is 2.22 bits per heavy atom. The van der Waals surface area contributed by atoms with Crippen LogP contribution in [0.15, 0.2) is 0 Å². The molecule has 0 radical (unpaired) electrons. The van der Waals surface area contributed by atoms with Crippen molar-refractivity contribution in [2.24, 2.45) is 5.41 Å². The van der Waals surface area contributed by atoms with Gasteiger partial charge in [-0.15, -0.1) is 0 Å². The van der Waals surface area contributed by atoms with Crippen molar-refractivity contribution >= 4 is 8.60 Å². The van der Waals surface area contributed by atoms with Gasteiger partial charge in [0.15, 0.2) is 0 Å². The van der Waals surface area contributed by atoms with Gasteiger partial charge in [-0.1, -0.05) is 26.2 Å². The van der Waals surface area contributed by atoms with Crippen molar-refractivity contribution in [3.05, 3.63) is 0 Å². The molecule has 106 valence electrons. The summed E-state index contributed by atoms with van der Waals surface area (Å²) in [4.78, 5) is 0. The smallest absolute Gasteiger partial charge is 0.338 e. The van der Waals surface area contributed by atoms with Crippen LogP contribution in [0.3, 0.4) is 0 Å². The number of aliphatic hydroxyl groups is 3. The Morgan fingerprint density at radius 1 is 1.11 bits per heavy atom. The molecule has 3 heterocycles. The Kier molecular flexibility index (Phi) is 4.60. The van der Waals surface area contributed by atoms with Gasteiger partial charge in [0.2, 0.25) is 5.79 Å². The number of rotatable bonds is 8. The molecule has 0 aromatic carbocycles. The molecule has 3 aliphatic rings. The largest absolute Gasteiger partial charge is 0.395 e. The summed E-state index contributed by atoms with van der Waals surface area (Å²) in [6.07, 6.45) is 3.58. The molecular weight excluding hydrogens is 259 g/mol. The topological polar surface area (TPSA) is 88.4 Å². The minimum atomic E-state index is -1.34. The summed E-state index contributed by atoms with van der Waals surface area (Å²) >= 11 is 0. The van der Waals surface area contributed by atoms with E-state index in [1.54, 1.807) is 0 Å². The van der Waals surface area contributed by atoms with Gasteiger partial charge in [-0.25, -0.2) is 0 Å². The fourth-order valence-electron chi connectivity index (χ4n) is 2.40. The lowest BCUT2D eigenvalue weighted by atomic mass is 9.77. The number of aliphatic hydroxyl groups excluding tert-OH is 3. The molecule has 6 nitrogen and oxygen atoms in total. The lowest BCUT2D eigenvalue weighted by molar-refractivity contribution is -0.279. The highest BCUT2D eigenvalue weighted by Gasteiger charge is 2.73. The molecule has 0 aromatic rings. The summed E-state index contributed by atoms with van der Waals surface area (Å²) < 4.78 is 16.7. The number of hydrogen-bond acceptors (Lipinski definition) is 6. The fourth-order valence-corrected chi connectivity index (χ4v) is 4.02. The zero-order valence-electron chi connectivity index (χ0n) is 10.5. The van der Waals surface area contributed by atoms with E-state index in [0.29, 0.717) is 0 Å². The monoisotopic (exact) mass is 280 g/mol. The Labute approximate surface area is 108 Å². The Hall–Kier alpha value is 0.190. The van der Waals surface area contributed by atoms with E-state index in [1.807, 2.05) is 0 Å². The van der Waals surface area contributed by atoms with Crippen molar-refractivity contribution in [1.29, 1.82) is 0 Å². The molecule has 0 saturated carbocycles. The standard InChI is InChI=1S/C11H21O6P/c1-2-3-4-5-9-11(16-18(15-9)17-11)10(6-12,7-13)8-14/h9,12-14H,2-8H2,1H3. The van der Waals surface area contributed by atoms with Gasteiger partial charge < -0.3 is 19.8 Å². The number of hydrogen-bond donors (Lipinski definition) is 3. The molecule has 18 heavy (non-hydrogen) atoms. The van der Waals surface area contributed by atoms with Gasteiger partial charge in [0.1, 0.15) is 6.10 Å². The average Bonchev–Trinajstić information content (AvgIpc) is 2.88. The Balaban J connectivity index is 2.08. The molecule has 0 spiro atoms. The van der Waals surface area contributed by atoms with Gasteiger partial charge in [-0.05, 0) is 6.42 Å². The van der Waals surface area contributed by atoms with Crippen LogP contribution in [0.5, 0.6) is 0 Å². The second kappa shape index (κ2) is 5.67. The summed E-state index contributed by atoms with van der Waals surface area (Å²) in [5.41, 5.74) is -1.21. The first-order chi connectivity index (χ1) is 8.68. The first kappa shape index (κ1) is 14.6. The van der Waals surface area contributed by atoms with Crippen molar-refractivity contribution in [1.82, 2.24) is 0 Å². The zero-order chi connectivity index (χ0) is 13.2. The Bertz CT molecular complexity index is 268. The lowest BCUT2D eigenvalue weighted by Crippen LogP contribution is -2.63. The van der Waals surface area contributed by atoms with Gasteiger partial charge >= 0.3 is 8.60 Å². The molecule has 7 heteroatoms. The van der Waals surface area contributed by atoms with Crippen LogP contribution in [0.1, 0.15) is 32.6 Å². The van der Waals surface area contributed by atoms with Crippen LogP contribution >= 0.6 is 8.60 Å². The van der Waals surface area contributed by atoms with E-state index in [4.69, 9.17) is 13.6 Å². The summed E-state index contributed by atoms with van der Waals surface area (Å²) in [6.45, 7) is 0.895. The summed E-state index contributed by atoms with van der Waals surface area (Å²) in [5, 5.41) is 28.5. The van der Waals surface area contributed by atoms with Crippen LogP contribution in [-0.2, 0) is 13.6 Å². The van der Waals surface area contributed by atoms with E-state index in [0.717, 1.165) is 25.7 Å². The molecule has 1 atom stereocenters. The maximum atomic E-state index is 9.49. The third-order valence-electron chi connectivity index (χ3n) is 3.77. The molecule has 3 N–H and O–H groups in total. The quantitative estimate of drug-likeness (QED) is 0.452. The van der Waals surface area contributed by atoms with Crippen LogP contribution in [0.2, 0.25) is 0 Å². The van der Waals surface area contributed by atoms with E-state index in [9.17, 15) is 15.3 Å². The van der Waals surface area contributed by atoms with Crippen LogP contribution in [0.4, 0.5) is 0 Å². The van der Waals surface area contributed by atoms with E-state index in [1.165, 1.54) is 0 Å². The average molecular weight is 280 g/mol. The molecule has 1 unspecified atom stereocenters. The van der Waals surface area contributed by atoms with E-state index in [2.05, 4.69) is 6.92 Å². The molecule has 0 amide bonds. The van der Waals surface area contributed by atoms with Gasteiger partial charge in [0.05, 0.1) is 25.2 Å². The van der Waals surface area contributed by atoms with Crippen molar-refractivity contribution in [3.8, 4) is 0 Å². The van der Waals surface area contributed by atoms with Crippen molar-refractivity contribution in [2.75, 3.05) is 19.8 Å². The van der Waals surface area contributed by atoms with Crippen LogP contribution in [-0.4, -0.2) is 47.0 Å². The van der Waals surface area contributed by atoms with Gasteiger partial charge in [0.25, 0.3) is 0 Å². The molecule has 3 fully saturated rings. The van der Waals surface area contributed by atoms with Gasteiger partial charge in [0, 0.05) is 0 Å². The highest BCUT2D eigenvalue weighted by atomic mass is 31.2. The molecule has 0 aromatic heterocycles. The van der Waals surface area contributed by atoms with Crippen molar-refractivity contribution in [3.63, 3.8) is 0 Å². The van der Waals surface area contributed by atoms with Gasteiger partial charge in [-0.2, -0.15) is 0 Å². The predicted molar refractivity (Wildman–Crippen MR) is 64.5 cm³/mol. The SMILES string of the molecule is CCCCCC1OP2OC1(C(CO)(CO)CO)O2. The van der Waals surface area contributed by atoms with Crippen LogP contribution in [0.25, 0.3) is 0 Å². The third kappa shape index (κ3) is 2.00.